The lowest BCUT2D eigenvalue weighted by Crippen LogP contribution is -2.88. The van der Waals surface area contributed by atoms with Crippen molar-refractivity contribution in [1.29, 1.82) is 0 Å². The number of hydrogen-bond acceptors (Lipinski definition) is 4. The number of hydrazine groups is 1. The zero-order valence-electron chi connectivity index (χ0n) is 15.8. The molecule has 4 N–H and O–H groups in total. The molecule has 3 aromatic rings. The van der Waals surface area contributed by atoms with Crippen LogP contribution in [0.1, 0.15) is 27.7 Å². The summed E-state index contributed by atoms with van der Waals surface area (Å²) in [5.41, 5.74) is 6.33. The normalized spacial score (nSPS) is 11.7. The Balaban J connectivity index is 1.63. The third kappa shape index (κ3) is 5.89. The smallest absolute Gasteiger partial charge is 0.387 e. The maximum Gasteiger partial charge on any atom is 0.387 e. The molecule has 1 heterocycles. The fourth-order valence-corrected chi connectivity index (χ4v) is 2.85. The first kappa shape index (κ1) is 21.0. The van der Waals surface area contributed by atoms with Crippen LogP contribution in [0, 0.1) is 0 Å². The molecule has 0 aliphatic rings. The summed E-state index contributed by atoms with van der Waals surface area (Å²) < 4.78 is 34.1. The molecule has 0 spiro atoms. The van der Waals surface area contributed by atoms with Gasteiger partial charge >= 0.3 is 12.5 Å². The zero-order chi connectivity index (χ0) is 21.3. The van der Waals surface area contributed by atoms with E-state index in [2.05, 4.69) is 15.6 Å². The third-order valence-corrected chi connectivity index (χ3v) is 4.22. The van der Waals surface area contributed by atoms with Crippen molar-refractivity contribution in [2.75, 3.05) is 6.54 Å². The van der Waals surface area contributed by atoms with Crippen LogP contribution in [-0.2, 0) is 4.79 Å². The first-order chi connectivity index (χ1) is 14.5. The highest BCUT2D eigenvalue weighted by atomic mass is 19.3. The van der Waals surface area contributed by atoms with Gasteiger partial charge in [0.15, 0.2) is 12.3 Å². The summed E-state index contributed by atoms with van der Waals surface area (Å²) in [6, 6.07) is 18.4. The number of halogens is 2. The third-order valence-electron chi connectivity index (χ3n) is 4.22. The van der Waals surface area contributed by atoms with Gasteiger partial charge in [-0.3, -0.25) is 20.4 Å². The summed E-state index contributed by atoms with van der Waals surface area (Å²) in [4.78, 5) is 24.0. The summed E-state index contributed by atoms with van der Waals surface area (Å²) in [7, 11) is 0. The molecule has 1 aromatic heterocycles. The van der Waals surface area contributed by atoms with Crippen molar-refractivity contribution in [1.82, 2.24) is 10.9 Å². The number of nitrogens with one attached hydrogen (secondary N) is 2. The molecular formula is C21H20F2N3O4+. The molecule has 0 unspecified atom stereocenters. The van der Waals surface area contributed by atoms with E-state index < -0.39 is 18.4 Å². The van der Waals surface area contributed by atoms with Crippen LogP contribution in [0.25, 0.3) is 0 Å². The Labute approximate surface area is 171 Å². The number of ether oxygens (including phenoxy) is 1. The van der Waals surface area contributed by atoms with Gasteiger partial charge in [0, 0.05) is 11.1 Å². The molecule has 30 heavy (non-hydrogen) atoms. The van der Waals surface area contributed by atoms with Crippen molar-refractivity contribution >= 4 is 11.8 Å². The molecule has 156 valence electrons. The fourth-order valence-electron chi connectivity index (χ4n) is 2.85. The summed E-state index contributed by atoms with van der Waals surface area (Å²) in [6.07, 6.45) is 1.35. The molecule has 9 heteroatoms. The molecule has 0 saturated carbocycles. The number of carbonyl (C=O) groups is 2. The maximum absolute atomic E-state index is 12.4. The number of rotatable bonds is 8. The number of furan rings is 1. The second kappa shape index (κ2) is 10.2. The Morgan fingerprint density at radius 3 is 2.27 bits per heavy atom. The Kier molecular flexibility index (Phi) is 7.12. The van der Waals surface area contributed by atoms with Crippen LogP contribution in [-0.4, -0.2) is 25.0 Å². The van der Waals surface area contributed by atoms with Gasteiger partial charge in [0.1, 0.15) is 11.8 Å². The van der Waals surface area contributed by atoms with Gasteiger partial charge in [0.25, 0.3) is 5.91 Å². The summed E-state index contributed by atoms with van der Waals surface area (Å²) >= 11 is 0. The van der Waals surface area contributed by atoms with Crippen molar-refractivity contribution in [2.24, 2.45) is 0 Å². The molecule has 0 fully saturated rings. The molecule has 3 rings (SSSR count). The Hall–Kier alpha value is -3.72. The number of nitrogens with two attached hydrogens (primary N) is 1. The van der Waals surface area contributed by atoms with E-state index in [0.717, 1.165) is 11.1 Å². The van der Waals surface area contributed by atoms with E-state index in [-0.39, 0.29) is 24.1 Å². The maximum atomic E-state index is 12.4. The lowest BCUT2D eigenvalue weighted by Gasteiger charge is -2.17. The number of amides is 2. The van der Waals surface area contributed by atoms with E-state index in [1.54, 1.807) is 23.5 Å². The predicted molar refractivity (Wildman–Crippen MR) is 102 cm³/mol. The Morgan fingerprint density at radius 2 is 1.63 bits per heavy atom. The van der Waals surface area contributed by atoms with E-state index >= 15 is 0 Å². The van der Waals surface area contributed by atoms with Gasteiger partial charge in [-0.1, -0.05) is 30.3 Å². The fraction of sp³-hybridized carbons (Fsp3) is 0.143. The van der Waals surface area contributed by atoms with Crippen LogP contribution in [0.5, 0.6) is 5.75 Å². The minimum absolute atomic E-state index is 0.00722. The average Bonchev–Trinajstić information content (AvgIpc) is 3.29. The van der Waals surface area contributed by atoms with Gasteiger partial charge in [-0.15, -0.1) is 0 Å². The molecule has 1 atom stereocenters. The summed E-state index contributed by atoms with van der Waals surface area (Å²) in [5, 5.41) is 1.77. The molecule has 0 bridgehead atoms. The first-order valence-corrected chi connectivity index (χ1v) is 9.08. The van der Waals surface area contributed by atoms with Gasteiger partial charge in [-0.2, -0.15) is 8.78 Å². The lowest BCUT2D eigenvalue weighted by atomic mass is 9.98. The van der Waals surface area contributed by atoms with Gasteiger partial charge in [0.05, 0.1) is 6.26 Å². The molecule has 0 radical (unpaired) electrons. The number of benzene rings is 2. The molecule has 0 aliphatic heterocycles. The monoisotopic (exact) mass is 416 g/mol. The predicted octanol–water partition coefficient (Wildman–Crippen LogP) is 1.99. The first-order valence-electron chi connectivity index (χ1n) is 9.08. The average molecular weight is 416 g/mol. The number of carbonyl (C=O) groups excluding carboxylic acids is 2. The molecule has 7 nitrogen and oxygen atoms in total. The largest absolute Gasteiger partial charge is 0.459 e. The van der Waals surface area contributed by atoms with Crippen LogP contribution in [0.15, 0.2) is 77.4 Å². The molecule has 0 saturated heterocycles. The highest BCUT2D eigenvalue weighted by Gasteiger charge is 2.20. The SMILES string of the molecule is O=C(C[NH2+][C@@H](c1ccccc1)c1ccc(OC(F)F)cc1)NNC(=O)c1ccco1. The van der Waals surface area contributed by atoms with E-state index in [1.165, 1.54) is 24.5 Å². The minimum atomic E-state index is -2.90. The van der Waals surface area contributed by atoms with Crippen molar-refractivity contribution < 1.29 is 32.8 Å². The lowest BCUT2D eigenvalue weighted by molar-refractivity contribution is -0.676. The van der Waals surface area contributed by atoms with Crippen molar-refractivity contribution in [2.45, 2.75) is 12.7 Å². The highest BCUT2D eigenvalue weighted by molar-refractivity contribution is 5.92. The van der Waals surface area contributed by atoms with Gasteiger partial charge in [-0.05, 0) is 36.4 Å². The quantitative estimate of drug-likeness (QED) is 0.490. The number of quaternary nitrogens is 1. The molecule has 0 aliphatic carbocycles. The van der Waals surface area contributed by atoms with Crippen molar-refractivity contribution in [3.63, 3.8) is 0 Å². The Bertz CT molecular complexity index is 948. The standard InChI is InChI=1S/C21H19F2N3O4/c22-21(23)30-16-10-8-15(9-11-16)19(14-5-2-1-3-6-14)24-13-18(27)25-26-20(28)17-7-4-12-29-17/h1-12,19,21,24H,13H2,(H,25,27)(H,26,28)/p+1/t19-/m0/s1. The van der Waals surface area contributed by atoms with E-state index in [4.69, 9.17) is 4.42 Å². The highest BCUT2D eigenvalue weighted by Crippen LogP contribution is 2.22. The number of alkyl halides is 2. The van der Waals surface area contributed by atoms with Gasteiger partial charge < -0.3 is 14.5 Å². The van der Waals surface area contributed by atoms with Crippen molar-refractivity contribution in [3.8, 4) is 5.75 Å². The second-order valence-electron chi connectivity index (χ2n) is 6.26. The Morgan fingerprint density at radius 1 is 0.933 bits per heavy atom. The van der Waals surface area contributed by atoms with Gasteiger partial charge in [0.2, 0.25) is 0 Å². The summed E-state index contributed by atoms with van der Waals surface area (Å²) in [6.45, 7) is -2.89. The van der Waals surface area contributed by atoms with Crippen molar-refractivity contribution in [3.05, 3.63) is 89.9 Å². The van der Waals surface area contributed by atoms with Crippen LogP contribution >= 0.6 is 0 Å². The van der Waals surface area contributed by atoms with E-state index in [0.29, 0.717) is 0 Å². The topological polar surface area (TPSA) is 97.2 Å². The van der Waals surface area contributed by atoms with Gasteiger partial charge in [-0.25, -0.2) is 0 Å². The molecule has 2 aromatic carbocycles. The number of hydrogen-bond donors (Lipinski definition) is 3. The molecule has 2 amide bonds. The molecular weight excluding hydrogens is 396 g/mol. The van der Waals surface area contributed by atoms with E-state index in [9.17, 15) is 18.4 Å². The summed E-state index contributed by atoms with van der Waals surface area (Å²) in [5.74, 6) is -0.859. The van der Waals surface area contributed by atoms with Crippen LogP contribution in [0.3, 0.4) is 0 Å². The minimum Gasteiger partial charge on any atom is -0.459 e. The van der Waals surface area contributed by atoms with Crippen LogP contribution in [0.4, 0.5) is 8.78 Å². The second-order valence-corrected chi connectivity index (χ2v) is 6.26. The van der Waals surface area contributed by atoms with E-state index in [1.807, 2.05) is 30.3 Å². The van der Waals surface area contributed by atoms with Crippen LogP contribution < -0.4 is 20.9 Å². The van der Waals surface area contributed by atoms with Crippen LogP contribution in [0.2, 0.25) is 0 Å². The zero-order valence-corrected chi connectivity index (χ0v) is 15.8.